The summed E-state index contributed by atoms with van der Waals surface area (Å²) in [7, 11) is 0. The fraction of sp³-hybridized carbons (Fsp3) is 0.158. The molecule has 0 saturated heterocycles. The molecule has 1 aromatic heterocycles. The molecule has 3 rings (SSSR count). The van der Waals surface area contributed by atoms with E-state index in [2.05, 4.69) is 21.2 Å². The quantitative estimate of drug-likeness (QED) is 0.667. The number of aromatic nitrogens is 1. The number of benzene rings is 2. The van der Waals surface area contributed by atoms with Gasteiger partial charge in [0.25, 0.3) is 0 Å². The maximum Gasteiger partial charge on any atom is 0.326 e. The number of carbonyl (C=O) groups excluding carboxylic acids is 1. The fourth-order valence-corrected chi connectivity index (χ4v) is 3.13. The zero-order valence-corrected chi connectivity index (χ0v) is 14.9. The number of carboxylic acid groups (broad SMARTS) is 1. The molecule has 1 unspecified atom stereocenters. The first kappa shape index (κ1) is 17.2. The molecule has 0 bridgehead atoms. The molecule has 6 heteroatoms. The molecular formula is C19H17BrN2O3. The van der Waals surface area contributed by atoms with Gasteiger partial charge in [0.2, 0.25) is 5.91 Å². The Morgan fingerprint density at radius 3 is 2.60 bits per heavy atom. The Hall–Kier alpha value is -2.60. The van der Waals surface area contributed by atoms with E-state index in [0.717, 1.165) is 20.9 Å². The predicted octanol–water partition coefficient (Wildman–Crippen LogP) is 3.22. The lowest BCUT2D eigenvalue weighted by molar-refractivity contribution is -0.141. The van der Waals surface area contributed by atoms with Gasteiger partial charge in [-0.15, -0.1) is 0 Å². The van der Waals surface area contributed by atoms with Gasteiger partial charge in [0.15, 0.2) is 0 Å². The van der Waals surface area contributed by atoms with Gasteiger partial charge < -0.3 is 15.0 Å². The molecule has 0 fully saturated rings. The van der Waals surface area contributed by atoms with Crippen LogP contribution < -0.4 is 5.32 Å². The second kappa shape index (κ2) is 7.53. The van der Waals surface area contributed by atoms with E-state index in [1.165, 1.54) is 0 Å². The summed E-state index contributed by atoms with van der Waals surface area (Å²) < 4.78 is 2.77. The molecule has 1 amide bonds. The maximum atomic E-state index is 12.3. The number of rotatable bonds is 6. The number of carboxylic acids is 1. The van der Waals surface area contributed by atoms with Crippen LogP contribution in [0.3, 0.4) is 0 Å². The van der Waals surface area contributed by atoms with Crippen LogP contribution >= 0.6 is 15.9 Å². The van der Waals surface area contributed by atoms with Gasteiger partial charge in [-0.1, -0.05) is 46.3 Å². The van der Waals surface area contributed by atoms with Crippen LogP contribution in [0.15, 0.2) is 65.3 Å². The van der Waals surface area contributed by atoms with E-state index < -0.39 is 12.0 Å². The van der Waals surface area contributed by atoms with Gasteiger partial charge >= 0.3 is 5.97 Å². The number of amides is 1. The van der Waals surface area contributed by atoms with Crippen LogP contribution in [0.25, 0.3) is 10.9 Å². The van der Waals surface area contributed by atoms with Crippen molar-refractivity contribution in [2.24, 2.45) is 0 Å². The molecule has 0 radical (unpaired) electrons. The Balaban J connectivity index is 1.70. The van der Waals surface area contributed by atoms with Crippen molar-refractivity contribution >= 4 is 38.7 Å². The average Bonchev–Trinajstić information content (AvgIpc) is 2.97. The summed E-state index contributed by atoms with van der Waals surface area (Å²) in [6.07, 6.45) is 2.07. The zero-order chi connectivity index (χ0) is 17.8. The number of hydrogen-bond acceptors (Lipinski definition) is 2. The summed E-state index contributed by atoms with van der Waals surface area (Å²) in [5.74, 6) is -1.37. The van der Waals surface area contributed by atoms with Crippen molar-refractivity contribution in [3.8, 4) is 0 Å². The summed E-state index contributed by atoms with van der Waals surface area (Å²) in [6.45, 7) is 0.0731. The monoisotopic (exact) mass is 400 g/mol. The largest absolute Gasteiger partial charge is 0.480 e. The second-order valence-electron chi connectivity index (χ2n) is 5.79. The van der Waals surface area contributed by atoms with Gasteiger partial charge in [0, 0.05) is 28.0 Å². The van der Waals surface area contributed by atoms with Gasteiger partial charge in [-0.2, -0.15) is 0 Å². The molecule has 2 aromatic carbocycles. The fourth-order valence-electron chi connectivity index (χ4n) is 2.75. The number of hydrogen-bond donors (Lipinski definition) is 2. The first-order chi connectivity index (χ1) is 12.0. The summed E-state index contributed by atoms with van der Waals surface area (Å²) in [6, 6.07) is 16.0. The molecule has 0 aliphatic heterocycles. The van der Waals surface area contributed by atoms with Crippen LogP contribution in [-0.4, -0.2) is 27.6 Å². The van der Waals surface area contributed by atoms with Crippen LogP contribution in [0, 0.1) is 0 Å². The molecule has 5 nitrogen and oxygen atoms in total. The Bertz CT molecular complexity index is 905. The number of nitrogens with one attached hydrogen (secondary N) is 1. The molecule has 1 heterocycles. The van der Waals surface area contributed by atoms with Crippen molar-refractivity contribution in [1.29, 1.82) is 0 Å². The number of aliphatic carboxylic acids is 1. The zero-order valence-electron chi connectivity index (χ0n) is 13.4. The lowest BCUT2D eigenvalue weighted by Gasteiger charge is -2.15. The minimum Gasteiger partial charge on any atom is -0.480 e. The summed E-state index contributed by atoms with van der Waals surface area (Å²) in [5.41, 5.74) is 1.79. The minimum atomic E-state index is -1.04. The van der Waals surface area contributed by atoms with Gasteiger partial charge in [-0.3, -0.25) is 4.79 Å². The Kier molecular flexibility index (Phi) is 5.19. The lowest BCUT2D eigenvalue weighted by atomic mass is 10.1. The topological polar surface area (TPSA) is 71.3 Å². The molecule has 2 N–H and O–H groups in total. The lowest BCUT2D eigenvalue weighted by Crippen LogP contribution is -2.43. The minimum absolute atomic E-state index is 0.0731. The third kappa shape index (κ3) is 4.28. The van der Waals surface area contributed by atoms with Gasteiger partial charge in [0.05, 0.1) is 0 Å². The Morgan fingerprint density at radius 1 is 1.12 bits per heavy atom. The van der Waals surface area contributed by atoms with E-state index in [0.29, 0.717) is 0 Å². The predicted molar refractivity (Wildman–Crippen MR) is 99.4 cm³/mol. The van der Waals surface area contributed by atoms with Crippen LogP contribution in [0.4, 0.5) is 0 Å². The first-order valence-electron chi connectivity index (χ1n) is 7.83. The highest BCUT2D eigenvalue weighted by Crippen LogP contribution is 2.20. The smallest absolute Gasteiger partial charge is 0.326 e. The first-order valence-corrected chi connectivity index (χ1v) is 8.63. The van der Waals surface area contributed by atoms with Gasteiger partial charge in [-0.05, 0) is 29.8 Å². The van der Waals surface area contributed by atoms with E-state index in [1.54, 1.807) is 4.57 Å². The molecule has 0 spiro atoms. The van der Waals surface area contributed by atoms with Crippen molar-refractivity contribution in [3.63, 3.8) is 0 Å². The van der Waals surface area contributed by atoms with Crippen LogP contribution in [0.5, 0.6) is 0 Å². The molecule has 0 saturated carbocycles. The summed E-state index contributed by atoms with van der Waals surface area (Å²) in [4.78, 5) is 23.8. The molecule has 25 heavy (non-hydrogen) atoms. The SMILES string of the molecule is O=C(Cn1ccc2cc(Br)ccc21)NC(Cc1ccccc1)C(=O)O. The third-order valence-electron chi connectivity index (χ3n) is 3.96. The second-order valence-corrected chi connectivity index (χ2v) is 6.71. The molecule has 1 atom stereocenters. The van der Waals surface area contributed by atoms with Crippen molar-refractivity contribution in [3.05, 3.63) is 70.8 Å². The number of carbonyl (C=O) groups is 2. The molecule has 0 aliphatic rings. The number of halogens is 1. The number of nitrogens with zero attached hydrogens (tertiary/aromatic N) is 1. The highest BCUT2D eigenvalue weighted by atomic mass is 79.9. The summed E-state index contributed by atoms with van der Waals surface area (Å²) in [5, 5.41) is 13.0. The van der Waals surface area contributed by atoms with Crippen LogP contribution in [-0.2, 0) is 22.6 Å². The highest BCUT2D eigenvalue weighted by molar-refractivity contribution is 9.10. The van der Waals surface area contributed by atoms with Crippen LogP contribution in [0.1, 0.15) is 5.56 Å². The molecule has 3 aromatic rings. The van der Waals surface area contributed by atoms with E-state index in [9.17, 15) is 14.7 Å². The van der Waals surface area contributed by atoms with Crippen LogP contribution in [0.2, 0.25) is 0 Å². The average molecular weight is 401 g/mol. The van der Waals surface area contributed by atoms with E-state index >= 15 is 0 Å². The molecule has 0 aliphatic carbocycles. The van der Waals surface area contributed by atoms with Crippen molar-refractivity contribution < 1.29 is 14.7 Å². The molecular weight excluding hydrogens is 384 g/mol. The highest BCUT2D eigenvalue weighted by Gasteiger charge is 2.20. The van der Waals surface area contributed by atoms with Crippen molar-refractivity contribution in [2.75, 3.05) is 0 Å². The van der Waals surface area contributed by atoms with E-state index in [1.807, 2.05) is 60.8 Å². The van der Waals surface area contributed by atoms with Gasteiger partial charge in [-0.25, -0.2) is 4.79 Å². The van der Waals surface area contributed by atoms with Crippen molar-refractivity contribution in [2.45, 2.75) is 19.0 Å². The standard InChI is InChI=1S/C19H17BrN2O3/c20-15-6-7-17-14(11-15)8-9-22(17)12-18(23)21-16(19(24)25)10-13-4-2-1-3-5-13/h1-9,11,16H,10,12H2,(H,21,23)(H,24,25). The van der Waals surface area contributed by atoms with E-state index in [4.69, 9.17) is 0 Å². The maximum absolute atomic E-state index is 12.3. The van der Waals surface area contributed by atoms with Crippen molar-refractivity contribution in [1.82, 2.24) is 9.88 Å². The third-order valence-corrected chi connectivity index (χ3v) is 4.46. The Labute approximate surface area is 153 Å². The van der Waals surface area contributed by atoms with E-state index in [-0.39, 0.29) is 18.9 Å². The number of fused-ring (bicyclic) bond motifs is 1. The van der Waals surface area contributed by atoms with Gasteiger partial charge in [0.1, 0.15) is 12.6 Å². The normalized spacial score (nSPS) is 12.0. The summed E-state index contributed by atoms with van der Waals surface area (Å²) >= 11 is 3.42. The molecule has 128 valence electrons. The Morgan fingerprint density at radius 2 is 1.88 bits per heavy atom.